The molecule has 1 aromatic carbocycles. The van der Waals surface area contributed by atoms with Crippen LogP contribution in [0.3, 0.4) is 0 Å². The molecule has 0 atom stereocenters. The molecule has 1 fully saturated rings. The molecule has 0 unspecified atom stereocenters. The van der Waals surface area contributed by atoms with Crippen LogP contribution >= 0.6 is 0 Å². The van der Waals surface area contributed by atoms with Gasteiger partial charge in [-0.15, -0.1) is 10.2 Å². The number of hydrogen-bond acceptors (Lipinski definition) is 6. The summed E-state index contributed by atoms with van der Waals surface area (Å²) < 4.78 is 24.7. The van der Waals surface area contributed by atoms with Crippen LogP contribution in [0.4, 0.5) is 9.18 Å². The minimum atomic E-state index is -0.564. The van der Waals surface area contributed by atoms with Gasteiger partial charge in [-0.25, -0.2) is 9.18 Å². The van der Waals surface area contributed by atoms with Gasteiger partial charge in [-0.1, -0.05) is 25.7 Å². The van der Waals surface area contributed by atoms with E-state index in [4.69, 9.17) is 9.15 Å². The number of aromatic nitrogens is 3. The second kappa shape index (κ2) is 8.81. The maximum Gasteiger partial charge on any atom is 0.412 e. The first kappa shape index (κ1) is 19.0. The molecule has 0 spiro atoms. The van der Waals surface area contributed by atoms with Gasteiger partial charge in [-0.3, -0.25) is 4.98 Å². The highest BCUT2D eigenvalue weighted by Crippen LogP contribution is 2.28. The van der Waals surface area contributed by atoms with E-state index in [-0.39, 0.29) is 11.8 Å². The quantitative estimate of drug-likeness (QED) is 0.640. The van der Waals surface area contributed by atoms with E-state index < -0.39 is 11.9 Å². The first-order valence-corrected chi connectivity index (χ1v) is 9.68. The van der Waals surface area contributed by atoms with Crippen LogP contribution in [-0.4, -0.2) is 27.3 Å². The largest absolute Gasteiger partial charge is 0.423 e. The number of halogens is 1. The van der Waals surface area contributed by atoms with Crippen LogP contribution in [0.15, 0.2) is 47.5 Å². The summed E-state index contributed by atoms with van der Waals surface area (Å²) in [6.45, 7) is 0. The van der Waals surface area contributed by atoms with E-state index >= 15 is 0 Å². The van der Waals surface area contributed by atoms with Crippen molar-refractivity contribution < 1.29 is 18.3 Å². The SMILES string of the molecule is O=C(NC1CCCCCC1)Oc1cc(F)cc(-c2cncc(-c3nnco3)c2)c1. The lowest BCUT2D eigenvalue weighted by Crippen LogP contribution is -2.36. The molecule has 2 aromatic heterocycles. The number of hydrogen-bond donors (Lipinski definition) is 1. The summed E-state index contributed by atoms with van der Waals surface area (Å²) in [5, 5.41) is 10.4. The van der Waals surface area contributed by atoms with Crippen LogP contribution in [-0.2, 0) is 0 Å². The highest BCUT2D eigenvalue weighted by molar-refractivity contribution is 5.73. The fraction of sp³-hybridized carbons (Fsp3) is 0.333. The molecule has 1 N–H and O–H groups in total. The van der Waals surface area contributed by atoms with E-state index in [1.165, 1.54) is 31.4 Å². The van der Waals surface area contributed by atoms with E-state index in [9.17, 15) is 9.18 Å². The fourth-order valence-corrected chi connectivity index (χ4v) is 3.53. The average molecular weight is 396 g/mol. The molecule has 0 saturated heterocycles. The summed E-state index contributed by atoms with van der Waals surface area (Å²) >= 11 is 0. The van der Waals surface area contributed by atoms with Crippen molar-refractivity contribution in [1.29, 1.82) is 0 Å². The van der Waals surface area contributed by atoms with Crippen molar-refractivity contribution in [2.75, 3.05) is 0 Å². The Kier molecular flexibility index (Phi) is 5.79. The third-order valence-electron chi connectivity index (χ3n) is 4.94. The second-order valence-corrected chi connectivity index (χ2v) is 7.10. The summed E-state index contributed by atoms with van der Waals surface area (Å²) in [6, 6.07) is 6.00. The van der Waals surface area contributed by atoms with Gasteiger partial charge in [0, 0.05) is 30.1 Å². The molecule has 1 saturated carbocycles. The zero-order chi connectivity index (χ0) is 20.1. The monoisotopic (exact) mass is 396 g/mol. The predicted octanol–water partition coefficient (Wildman–Crippen LogP) is 4.75. The number of amides is 1. The number of nitrogens with one attached hydrogen (secondary N) is 1. The van der Waals surface area contributed by atoms with Gasteiger partial charge in [-0.05, 0) is 36.6 Å². The van der Waals surface area contributed by atoms with Crippen LogP contribution in [0.1, 0.15) is 38.5 Å². The van der Waals surface area contributed by atoms with Crippen molar-refractivity contribution in [3.8, 4) is 28.3 Å². The third kappa shape index (κ3) is 4.96. The topological polar surface area (TPSA) is 90.1 Å². The van der Waals surface area contributed by atoms with Gasteiger partial charge in [0.2, 0.25) is 12.3 Å². The zero-order valence-electron chi connectivity index (χ0n) is 15.8. The minimum absolute atomic E-state index is 0.105. The summed E-state index contributed by atoms with van der Waals surface area (Å²) in [4.78, 5) is 16.4. The van der Waals surface area contributed by atoms with Crippen molar-refractivity contribution >= 4 is 6.09 Å². The minimum Gasteiger partial charge on any atom is -0.423 e. The van der Waals surface area contributed by atoms with Gasteiger partial charge < -0.3 is 14.5 Å². The molecule has 4 rings (SSSR count). The van der Waals surface area contributed by atoms with E-state index in [1.807, 2.05) is 0 Å². The Morgan fingerprint density at radius 2 is 1.83 bits per heavy atom. The molecule has 0 aliphatic heterocycles. The van der Waals surface area contributed by atoms with Gasteiger partial charge >= 0.3 is 6.09 Å². The van der Waals surface area contributed by atoms with Crippen LogP contribution in [0, 0.1) is 5.82 Å². The number of carbonyl (C=O) groups excluding carboxylic acids is 1. The number of benzene rings is 1. The molecule has 3 aromatic rings. The average Bonchev–Trinajstić information content (AvgIpc) is 3.13. The molecular formula is C21H21FN4O3. The van der Waals surface area contributed by atoms with Crippen molar-refractivity contribution in [3.63, 3.8) is 0 Å². The Morgan fingerprint density at radius 3 is 2.59 bits per heavy atom. The van der Waals surface area contributed by atoms with Crippen LogP contribution < -0.4 is 10.1 Å². The Labute approximate surface area is 167 Å². The molecule has 29 heavy (non-hydrogen) atoms. The van der Waals surface area contributed by atoms with E-state index in [1.54, 1.807) is 24.5 Å². The first-order valence-electron chi connectivity index (χ1n) is 9.68. The van der Waals surface area contributed by atoms with Crippen molar-refractivity contribution in [1.82, 2.24) is 20.5 Å². The zero-order valence-corrected chi connectivity index (χ0v) is 15.8. The number of rotatable bonds is 4. The summed E-state index contributed by atoms with van der Waals surface area (Å²) in [6.07, 6.45) is 10.3. The summed E-state index contributed by atoms with van der Waals surface area (Å²) in [7, 11) is 0. The molecule has 8 heteroatoms. The van der Waals surface area contributed by atoms with Gasteiger partial charge in [-0.2, -0.15) is 0 Å². The summed E-state index contributed by atoms with van der Waals surface area (Å²) in [5.41, 5.74) is 1.77. The molecule has 150 valence electrons. The number of nitrogens with zero attached hydrogens (tertiary/aromatic N) is 3. The molecule has 0 bridgehead atoms. The maximum absolute atomic E-state index is 14.2. The highest BCUT2D eigenvalue weighted by Gasteiger charge is 2.17. The molecule has 1 amide bonds. The lowest BCUT2D eigenvalue weighted by molar-refractivity contribution is 0.194. The normalized spacial score (nSPS) is 14.9. The van der Waals surface area contributed by atoms with Crippen LogP contribution in [0.25, 0.3) is 22.6 Å². The van der Waals surface area contributed by atoms with Gasteiger partial charge in [0.05, 0.1) is 5.56 Å². The van der Waals surface area contributed by atoms with E-state index in [2.05, 4.69) is 20.5 Å². The fourth-order valence-electron chi connectivity index (χ4n) is 3.53. The smallest absolute Gasteiger partial charge is 0.412 e. The molecule has 7 nitrogen and oxygen atoms in total. The Hall–Kier alpha value is -3.29. The molecule has 2 heterocycles. The lowest BCUT2D eigenvalue weighted by Gasteiger charge is -2.16. The molecule has 1 aliphatic rings. The third-order valence-corrected chi connectivity index (χ3v) is 4.94. The number of ether oxygens (including phenoxy) is 1. The molecule has 0 radical (unpaired) electrons. The number of carbonyl (C=O) groups is 1. The lowest BCUT2D eigenvalue weighted by atomic mass is 10.1. The number of pyridine rings is 1. The van der Waals surface area contributed by atoms with Crippen LogP contribution in [0.2, 0.25) is 0 Å². The maximum atomic E-state index is 14.2. The molecular weight excluding hydrogens is 375 g/mol. The summed E-state index contributed by atoms with van der Waals surface area (Å²) in [5.74, 6) is -0.0627. The van der Waals surface area contributed by atoms with Gasteiger partial charge in [0.25, 0.3) is 0 Å². The van der Waals surface area contributed by atoms with Crippen molar-refractivity contribution in [2.45, 2.75) is 44.6 Å². The Bertz CT molecular complexity index is 970. The van der Waals surface area contributed by atoms with E-state index in [0.29, 0.717) is 22.6 Å². The second-order valence-electron chi connectivity index (χ2n) is 7.10. The Balaban J connectivity index is 1.50. The van der Waals surface area contributed by atoms with Crippen LogP contribution in [0.5, 0.6) is 5.75 Å². The highest BCUT2D eigenvalue weighted by atomic mass is 19.1. The van der Waals surface area contributed by atoms with E-state index in [0.717, 1.165) is 25.7 Å². The standard InChI is InChI=1S/C21H21FN4O3/c22-17-8-14(15-7-16(12-23-11-15)20-26-24-13-28-20)9-19(10-17)29-21(27)25-18-5-3-1-2-4-6-18/h7-13,18H,1-6H2,(H,25,27). The van der Waals surface area contributed by atoms with Crippen molar-refractivity contribution in [3.05, 3.63) is 48.9 Å². The predicted molar refractivity (Wildman–Crippen MR) is 104 cm³/mol. The first-order chi connectivity index (χ1) is 14.2. The Morgan fingerprint density at radius 1 is 1.03 bits per heavy atom. The van der Waals surface area contributed by atoms with Crippen molar-refractivity contribution in [2.24, 2.45) is 0 Å². The van der Waals surface area contributed by atoms with Gasteiger partial charge in [0.15, 0.2) is 0 Å². The molecule has 1 aliphatic carbocycles. The van der Waals surface area contributed by atoms with Gasteiger partial charge in [0.1, 0.15) is 11.6 Å².